The molecule has 0 aliphatic carbocycles. The van der Waals surface area contributed by atoms with Crippen LogP contribution in [0.25, 0.3) is 50.0 Å². The zero-order valence-corrected chi connectivity index (χ0v) is 18.8. The van der Waals surface area contributed by atoms with Crippen molar-refractivity contribution >= 4 is 37.7 Å². The molecule has 2 aromatic heterocycles. The molecule has 0 fully saturated rings. The van der Waals surface area contributed by atoms with Crippen molar-refractivity contribution in [3.63, 3.8) is 0 Å². The van der Waals surface area contributed by atoms with Crippen LogP contribution >= 0.6 is 15.9 Å². The van der Waals surface area contributed by atoms with Crippen LogP contribution < -0.4 is 0 Å². The van der Waals surface area contributed by atoms with Crippen LogP contribution in [-0.4, -0.2) is 9.55 Å². The summed E-state index contributed by atoms with van der Waals surface area (Å²) in [6.45, 7) is 0. The zero-order chi connectivity index (χ0) is 21.5. The number of nitrogens with zero attached hydrogens (tertiary/aromatic N) is 2. The minimum atomic E-state index is 0.906. The Morgan fingerprint density at radius 1 is 0.562 bits per heavy atom. The molecule has 0 N–H and O–H groups in total. The lowest BCUT2D eigenvalue weighted by molar-refractivity contribution is 1.08. The Morgan fingerprint density at radius 3 is 2.00 bits per heavy atom. The molecule has 2 heterocycles. The molecule has 0 unspecified atom stereocenters. The van der Waals surface area contributed by atoms with E-state index in [1.807, 2.05) is 12.1 Å². The van der Waals surface area contributed by atoms with E-state index in [4.69, 9.17) is 4.98 Å². The highest BCUT2D eigenvalue weighted by molar-refractivity contribution is 9.10. The minimum Gasteiger partial charge on any atom is -0.293 e. The van der Waals surface area contributed by atoms with E-state index in [0.717, 1.165) is 38.1 Å². The lowest BCUT2D eigenvalue weighted by atomic mass is 10.0. The average molecular weight is 475 g/mol. The van der Waals surface area contributed by atoms with Crippen LogP contribution in [-0.2, 0) is 0 Å². The van der Waals surface area contributed by atoms with Gasteiger partial charge in [0.05, 0.1) is 16.7 Å². The predicted molar refractivity (Wildman–Crippen MR) is 137 cm³/mol. The number of hydrogen-bond acceptors (Lipinski definition) is 1. The molecule has 0 spiro atoms. The van der Waals surface area contributed by atoms with Gasteiger partial charge in [0.1, 0.15) is 5.82 Å². The molecular weight excluding hydrogens is 456 g/mol. The third-order valence-electron chi connectivity index (χ3n) is 5.86. The topological polar surface area (TPSA) is 17.8 Å². The molecule has 0 radical (unpaired) electrons. The largest absolute Gasteiger partial charge is 0.293 e. The first-order chi connectivity index (χ1) is 15.8. The molecule has 32 heavy (non-hydrogen) atoms. The maximum atomic E-state index is 5.16. The molecule has 0 saturated heterocycles. The molecular formula is C29H19BrN2. The first-order valence-corrected chi connectivity index (χ1v) is 11.4. The smallest absolute Gasteiger partial charge is 0.138 e. The third kappa shape index (κ3) is 3.14. The van der Waals surface area contributed by atoms with Gasteiger partial charge in [0, 0.05) is 20.8 Å². The van der Waals surface area contributed by atoms with Crippen LogP contribution in [0.15, 0.2) is 120 Å². The molecule has 0 amide bonds. The van der Waals surface area contributed by atoms with Crippen LogP contribution in [0.2, 0.25) is 0 Å². The second kappa shape index (κ2) is 7.77. The summed E-state index contributed by atoms with van der Waals surface area (Å²) in [7, 11) is 0. The number of para-hydroxylation sites is 2. The highest BCUT2D eigenvalue weighted by atomic mass is 79.9. The van der Waals surface area contributed by atoms with Gasteiger partial charge in [-0.3, -0.25) is 4.57 Å². The minimum absolute atomic E-state index is 0.906. The SMILES string of the molecule is Brc1cccc2c3ccccc3n(-c3cc(-c4ccccc4)cc(-c4ccccc4)n3)c12. The lowest BCUT2D eigenvalue weighted by Gasteiger charge is -2.13. The van der Waals surface area contributed by atoms with Crippen LogP contribution in [0.4, 0.5) is 0 Å². The summed E-state index contributed by atoms with van der Waals surface area (Å²) in [5.41, 5.74) is 6.66. The van der Waals surface area contributed by atoms with Gasteiger partial charge in [-0.05, 0) is 51.3 Å². The number of benzene rings is 4. The Labute approximate surface area is 194 Å². The summed E-state index contributed by atoms with van der Waals surface area (Å²) in [4.78, 5) is 5.16. The van der Waals surface area contributed by atoms with Crippen molar-refractivity contribution in [1.82, 2.24) is 9.55 Å². The number of hydrogen-bond donors (Lipinski definition) is 0. The van der Waals surface area contributed by atoms with Crippen LogP contribution in [0.1, 0.15) is 0 Å². The van der Waals surface area contributed by atoms with Gasteiger partial charge in [-0.1, -0.05) is 91.0 Å². The first-order valence-electron chi connectivity index (χ1n) is 10.6. The molecule has 0 saturated carbocycles. The van der Waals surface area contributed by atoms with Gasteiger partial charge in [0.15, 0.2) is 0 Å². The fourth-order valence-corrected chi connectivity index (χ4v) is 4.94. The monoisotopic (exact) mass is 474 g/mol. The normalized spacial score (nSPS) is 11.3. The summed E-state index contributed by atoms with van der Waals surface area (Å²) >= 11 is 3.80. The lowest BCUT2D eigenvalue weighted by Crippen LogP contribution is -2.00. The Balaban J connectivity index is 1.72. The Morgan fingerprint density at radius 2 is 1.22 bits per heavy atom. The molecule has 6 aromatic rings. The van der Waals surface area contributed by atoms with E-state index < -0.39 is 0 Å². The number of pyridine rings is 1. The van der Waals surface area contributed by atoms with Crippen LogP contribution in [0.5, 0.6) is 0 Å². The van der Waals surface area contributed by atoms with Crippen molar-refractivity contribution in [3.8, 4) is 28.2 Å². The number of halogens is 1. The quantitative estimate of drug-likeness (QED) is 0.252. The van der Waals surface area contributed by atoms with E-state index in [1.54, 1.807) is 0 Å². The van der Waals surface area contributed by atoms with Gasteiger partial charge < -0.3 is 0 Å². The summed E-state index contributed by atoms with van der Waals surface area (Å²) in [6.07, 6.45) is 0. The van der Waals surface area contributed by atoms with E-state index >= 15 is 0 Å². The zero-order valence-electron chi connectivity index (χ0n) is 17.2. The Kier molecular flexibility index (Phi) is 4.62. The predicted octanol–water partition coefficient (Wildman–Crippen LogP) is 8.28. The first kappa shape index (κ1) is 19.0. The van der Waals surface area contributed by atoms with Gasteiger partial charge in [0.25, 0.3) is 0 Å². The summed E-state index contributed by atoms with van der Waals surface area (Å²) in [6, 6.07) is 40.1. The van der Waals surface area contributed by atoms with Crippen molar-refractivity contribution < 1.29 is 0 Å². The van der Waals surface area contributed by atoms with Crippen LogP contribution in [0, 0.1) is 0 Å². The van der Waals surface area contributed by atoms with Gasteiger partial charge in [-0.2, -0.15) is 0 Å². The van der Waals surface area contributed by atoms with E-state index in [1.165, 1.54) is 16.3 Å². The van der Waals surface area contributed by atoms with E-state index in [9.17, 15) is 0 Å². The van der Waals surface area contributed by atoms with Gasteiger partial charge >= 0.3 is 0 Å². The highest BCUT2D eigenvalue weighted by Gasteiger charge is 2.17. The van der Waals surface area contributed by atoms with Gasteiger partial charge in [-0.15, -0.1) is 0 Å². The molecule has 2 nitrogen and oxygen atoms in total. The standard InChI is InChI=1S/C29H19BrN2/c30-25-16-9-15-24-23-14-7-8-17-27(23)32(29(24)25)28-19-22(20-10-3-1-4-11-20)18-26(31-28)21-12-5-2-6-13-21/h1-19H. The van der Waals surface area contributed by atoms with Crippen molar-refractivity contribution in [1.29, 1.82) is 0 Å². The van der Waals surface area contributed by atoms with E-state index in [2.05, 4.69) is 124 Å². The van der Waals surface area contributed by atoms with Crippen molar-refractivity contribution in [2.24, 2.45) is 0 Å². The molecule has 0 aliphatic heterocycles. The van der Waals surface area contributed by atoms with Crippen molar-refractivity contribution in [3.05, 3.63) is 120 Å². The third-order valence-corrected chi connectivity index (χ3v) is 6.50. The number of fused-ring (bicyclic) bond motifs is 3. The fraction of sp³-hybridized carbons (Fsp3) is 0. The summed E-state index contributed by atoms with van der Waals surface area (Å²) in [5, 5.41) is 2.43. The second-order valence-electron chi connectivity index (χ2n) is 7.82. The van der Waals surface area contributed by atoms with E-state index in [0.29, 0.717) is 0 Å². The van der Waals surface area contributed by atoms with Crippen molar-refractivity contribution in [2.75, 3.05) is 0 Å². The average Bonchev–Trinajstić information content (AvgIpc) is 3.21. The van der Waals surface area contributed by atoms with Gasteiger partial charge in [0.2, 0.25) is 0 Å². The molecule has 0 atom stereocenters. The van der Waals surface area contributed by atoms with E-state index in [-0.39, 0.29) is 0 Å². The maximum absolute atomic E-state index is 5.16. The molecule has 6 rings (SSSR count). The molecule has 0 bridgehead atoms. The Hall–Kier alpha value is -3.69. The molecule has 3 heteroatoms. The fourth-order valence-electron chi connectivity index (χ4n) is 4.40. The number of aromatic nitrogens is 2. The maximum Gasteiger partial charge on any atom is 0.138 e. The molecule has 0 aliphatic rings. The van der Waals surface area contributed by atoms with Crippen molar-refractivity contribution in [2.45, 2.75) is 0 Å². The number of rotatable bonds is 3. The Bertz CT molecular complexity index is 1510. The second-order valence-corrected chi connectivity index (χ2v) is 8.67. The molecule has 4 aromatic carbocycles. The van der Waals surface area contributed by atoms with Crippen LogP contribution in [0.3, 0.4) is 0 Å². The molecule has 152 valence electrons. The summed E-state index contributed by atoms with van der Waals surface area (Å²) in [5.74, 6) is 0.906. The summed E-state index contributed by atoms with van der Waals surface area (Å²) < 4.78 is 3.33. The highest BCUT2D eigenvalue weighted by Crippen LogP contribution is 2.37. The van der Waals surface area contributed by atoms with Gasteiger partial charge in [-0.25, -0.2) is 4.98 Å².